The first kappa shape index (κ1) is 27.5. The molecule has 0 amide bonds. The van der Waals surface area contributed by atoms with Gasteiger partial charge in [-0.2, -0.15) is 0 Å². The molecule has 0 saturated heterocycles. The van der Waals surface area contributed by atoms with E-state index in [0.29, 0.717) is 0 Å². The second-order valence-electron chi connectivity index (χ2n) is 13.1. The van der Waals surface area contributed by atoms with Crippen molar-refractivity contribution in [3.8, 4) is 33.4 Å². The average molecular weight is 603 g/mol. The van der Waals surface area contributed by atoms with Crippen molar-refractivity contribution in [2.24, 2.45) is 0 Å². The quantitative estimate of drug-likeness (QED) is 0.208. The minimum atomic E-state index is -0.0483. The Kier molecular flexibility index (Phi) is 6.20. The van der Waals surface area contributed by atoms with E-state index in [1.807, 2.05) is 0 Å². The van der Waals surface area contributed by atoms with E-state index in [-0.39, 0.29) is 5.41 Å². The van der Waals surface area contributed by atoms with E-state index in [0.717, 1.165) is 22.6 Å². The molecule has 1 heterocycles. The van der Waals surface area contributed by atoms with Crippen LogP contribution in [0.4, 0.5) is 17.1 Å². The SMILES string of the molecule is CC1(C)c2ccccc2-c2cc3c(cc21)[nH]c1c(N(c2ccc(-c4ccccc4)cc2)c2ccc(-c4ccccc4)cc2)cccc13. The van der Waals surface area contributed by atoms with Gasteiger partial charge in [-0.1, -0.05) is 135 Å². The first-order chi connectivity index (χ1) is 23.1. The first-order valence-corrected chi connectivity index (χ1v) is 16.4. The van der Waals surface area contributed by atoms with Crippen LogP contribution in [0.15, 0.2) is 164 Å². The van der Waals surface area contributed by atoms with E-state index in [9.17, 15) is 0 Å². The molecule has 0 fully saturated rings. The molecule has 224 valence electrons. The summed E-state index contributed by atoms with van der Waals surface area (Å²) in [7, 11) is 0. The van der Waals surface area contributed by atoms with E-state index in [1.165, 1.54) is 60.8 Å². The Labute approximate surface area is 275 Å². The standard InChI is InChI=1S/C45H34N2/c1-45(2)40-18-10-9-16-36(40)38-28-39-37-17-11-19-43(44(37)46-42(39)29-41(38)45)47(34-24-20-32(21-25-34)30-12-5-3-6-13-30)35-26-22-33(23-27-35)31-14-7-4-8-15-31/h3-29,46H,1-2H3. The Balaban J connectivity index is 1.22. The number of rotatable bonds is 5. The van der Waals surface area contributed by atoms with Crippen molar-refractivity contribution in [3.63, 3.8) is 0 Å². The van der Waals surface area contributed by atoms with Gasteiger partial charge < -0.3 is 9.88 Å². The number of aromatic nitrogens is 1. The molecule has 1 aliphatic carbocycles. The second kappa shape index (κ2) is 10.6. The van der Waals surface area contributed by atoms with Gasteiger partial charge in [-0.25, -0.2) is 0 Å². The highest BCUT2D eigenvalue weighted by atomic mass is 15.1. The fourth-order valence-corrected chi connectivity index (χ4v) is 7.59. The molecule has 0 saturated carbocycles. The summed E-state index contributed by atoms with van der Waals surface area (Å²) in [6.07, 6.45) is 0. The van der Waals surface area contributed by atoms with Gasteiger partial charge in [0.25, 0.3) is 0 Å². The number of hydrogen-bond donors (Lipinski definition) is 1. The third-order valence-electron chi connectivity index (χ3n) is 10.0. The highest BCUT2D eigenvalue weighted by molar-refractivity contribution is 6.14. The van der Waals surface area contributed by atoms with Crippen molar-refractivity contribution in [3.05, 3.63) is 175 Å². The van der Waals surface area contributed by atoms with Crippen molar-refractivity contribution in [1.82, 2.24) is 4.98 Å². The minimum Gasteiger partial charge on any atom is -0.353 e. The summed E-state index contributed by atoms with van der Waals surface area (Å²) < 4.78 is 0. The lowest BCUT2D eigenvalue weighted by atomic mass is 9.82. The van der Waals surface area contributed by atoms with Crippen LogP contribution in [0, 0.1) is 0 Å². The van der Waals surface area contributed by atoms with Crippen molar-refractivity contribution in [1.29, 1.82) is 0 Å². The Hall–Kier alpha value is -5.86. The van der Waals surface area contributed by atoms with Crippen molar-refractivity contribution in [2.45, 2.75) is 19.3 Å². The molecular formula is C45H34N2. The van der Waals surface area contributed by atoms with E-state index in [1.54, 1.807) is 0 Å². The Bertz CT molecular complexity index is 2320. The number of fused-ring (bicyclic) bond motifs is 6. The smallest absolute Gasteiger partial charge is 0.0709 e. The lowest BCUT2D eigenvalue weighted by Crippen LogP contribution is -2.14. The maximum atomic E-state index is 3.89. The van der Waals surface area contributed by atoms with Crippen LogP contribution >= 0.6 is 0 Å². The van der Waals surface area contributed by atoms with Crippen molar-refractivity contribution in [2.75, 3.05) is 4.90 Å². The summed E-state index contributed by atoms with van der Waals surface area (Å²) in [5, 5.41) is 2.49. The van der Waals surface area contributed by atoms with Crippen molar-refractivity contribution >= 4 is 38.9 Å². The zero-order valence-corrected chi connectivity index (χ0v) is 26.5. The Morgan fingerprint density at radius 3 is 1.62 bits per heavy atom. The van der Waals surface area contributed by atoms with Crippen LogP contribution in [0.5, 0.6) is 0 Å². The van der Waals surface area contributed by atoms with Crippen LogP contribution in [-0.4, -0.2) is 4.98 Å². The maximum absolute atomic E-state index is 3.89. The Morgan fingerprint density at radius 1 is 0.447 bits per heavy atom. The zero-order valence-electron chi connectivity index (χ0n) is 26.5. The van der Waals surface area contributed by atoms with Gasteiger partial charge in [0.2, 0.25) is 0 Å². The number of nitrogens with zero attached hydrogens (tertiary/aromatic N) is 1. The van der Waals surface area contributed by atoms with Gasteiger partial charge in [0, 0.05) is 33.1 Å². The third-order valence-corrected chi connectivity index (χ3v) is 10.0. The molecule has 1 aromatic heterocycles. The highest BCUT2D eigenvalue weighted by Gasteiger charge is 2.35. The van der Waals surface area contributed by atoms with Crippen LogP contribution in [-0.2, 0) is 5.41 Å². The number of nitrogens with one attached hydrogen (secondary N) is 1. The average Bonchev–Trinajstić information content (AvgIpc) is 3.61. The van der Waals surface area contributed by atoms with E-state index >= 15 is 0 Å². The van der Waals surface area contributed by atoms with Gasteiger partial charge in [-0.3, -0.25) is 0 Å². The molecule has 0 bridgehead atoms. The van der Waals surface area contributed by atoms with E-state index in [2.05, 4.69) is 188 Å². The minimum absolute atomic E-state index is 0.0483. The van der Waals surface area contributed by atoms with Gasteiger partial charge in [0.1, 0.15) is 0 Å². The molecule has 0 radical (unpaired) electrons. The van der Waals surface area contributed by atoms with Gasteiger partial charge in [-0.05, 0) is 87.0 Å². The van der Waals surface area contributed by atoms with E-state index in [4.69, 9.17) is 0 Å². The van der Waals surface area contributed by atoms with E-state index < -0.39 is 0 Å². The highest BCUT2D eigenvalue weighted by Crippen LogP contribution is 2.51. The van der Waals surface area contributed by atoms with Gasteiger partial charge in [0.15, 0.2) is 0 Å². The summed E-state index contributed by atoms with van der Waals surface area (Å²) in [5.41, 5.74) is 15.9. The van der Waals surface area contributed by atoms with Crippen LogP contribution in [0.25, 0.3) is 55.2 Å². The van der Waals surface area contributed by atoms with Gasteiger partial charge in [0.05, 0.1) is 11.2 Å². The first-order valence-electron chi connectivity index (χ1n) is 16.4. The summed E-state index contributed by atoms with van der Waals surface area (Å²) in [6, 6.07) is 59.4. The molecule has 0 spiro atoms. The fraction of sp³-hybridized carbons (Fsp3) is 0.0667. The van der Waals surface area contributed by atoms with Crippen LogP contribution in [0.2, 0.25) is 0 Å². The largest absolute Gasteiger partial charge is 0.353 e. The molecular weight excluding hydrogens is 569 g/mol. The summed E-state index contributed by atoms with van der Waals surface area (Å²) in [5.74, 6) is 0. The number of para-hydroxylation sites is 1. The molecule has 9 rings (SSSR count). The molecule has 0 atom stereocenters. The van der Waals surface area contributed by atoms with Crippen molar-refractivity contribution < 1.29 is 0 Å². The summed E-state index contributed by atoms with van der Waals surface area (Å²) in [4.78, 5) is 6.28. The maximum Gasteiger partial charge on any atom is 0.0709 e. The van der Waals surface area contributed by atoms with Gasteiger partial charge >= 0.3 is 0 Å². The summed E-state index contributed by atoms with van der Waals surface area (Å²) in [6.45, 7) is 4.69. The normalized spacial score (nSPS) is 13.1. The van der Waals surface area contributed by atoms with Crippen LogP contribution in [0.1, 0.15) is 25.0 Å². The number of hydrogen-bond acceptors (Lipinski definition) is 1. The third kappa shape index (κ3) is 4.40. The molecule has 0 unspecified atom stereocenters. The molecule has 47 heavy (non-hydrogen) atoms. The molecule has 2 heteroatoms. The predicted molar refractivity (Wildman–Crippen MR) is 199 cm³/mol. The monoisotopic (exact) mass is 602 g/mol. The molecule has 8 aromatic rings. The fourth-order valence-electron chi connectivity index (χ4n) is 7.59. The molecule has 1 N–H and O–H groups in total. The number of anilines is 3. The molecule has 1 aliphatic rings. The number of H-pyrrole nitrogens is 1. The van der Waals surface area contributed by atoms with Crippen LogP contribution < -0.4 is 4.90 Å². The second-order valence-corrected chi connectivity index (χ2v) is 13.1. The molecule has 2 nitrogen and oxygen atoms in total. The molecule has 0 aliphatic heterocycles. The Morgan fingerprint density at radius 2 is 1.00 bits per heavy atom. The lowest BCUT2D eigenvalue weighted by molar-refractivity contribution is 0.661. The zero-order chi connectivity index (χ0) is 31.5. The summed E-state index contributed by atoms with van der Waals surface area (Å²) >= 11 is 0. The predicted octanol–water partition coefficient (Wildman–Crippen LogP) is 12.4. The molecule has 7 aromatic carbocycles. The van der Waals surface area contributed by atoms with Gasteiger partial charge in [-0.15, -0.1) is 0 Å². The number of aromatic amines is 1. The number of benzene rings is 7. The lowest BCUT2D eigenvalue weighted by Gasteiger charge is -2.26. The van der Waals surface area contributed by atoms with Crippen LogP contribution in [0.3, 0.4) is 0 Å². The topological polar surface area (TPSA) is 19.0 Å².